The molecule has 0 aliphatic carbocycles. The Morgan fingerprint density at radius 1 is 0.380 bits per heavy atom. The van der Waals surface area contributed by atoms with Gasteiger partial charge < -0.3 is 9.47 Å². The van der Waals surface area contributed by atoms with Crippen molar-refractivity contribution >= 4 is 61.9 Å². The van der Waals surface area contributed by atoms with E-state index in [9.17, 15) is 74.3 Å². The average Bonchev–Trinajstić information content (AvgIpc) is 3.47. The van der Waals surface area contributed by atoms with Crippen LogP contribution in [0.4, 0.5) is 17.6 Å². The molecule has 8 aromatic rings. The molecular formula is C52H34F4O18S5. The van der Waals surface area contributed by atoms with Gasteiger partial charge in [-0.1, -0.05) is 60.7 Å². The number of alkyl halides is 3. The van der Waals surface area contributed by atoms with E-state index in [1.54, 1.807) is 0 Å². The van der Waals surface area contributed by atoms with Crippen molar-refractivity contribution in [3.05, 3.63) is 227 Å². The summed E-state index contributed by atoms with van der Waals surface area (Å²) in [5, 5.41) is 0. The maximum Gasteiger partial charge on any atom is 0.406 e. The van der Waals surface area contributed by atoms with E-state index in [2.05, 4.69) is 0 Å². The van der Waals surface area contributed by atoms with Gasteiger partial charge in [-0.25, -0.2) is 12.8 Å². The van der Waals surface area contributed by atoms with Crippen LogP contribution in [0.25, 0.3) is 0 Å². The molecule has 79 heavy (non-hydrogen) atoms. The Labute approximate surface area is 447 Å². The number of hydrogen-bond acceptors (Lipinski definition) is 14. The number of halogens is 4. The number of carbonyl (C=O) groups is 2. The quantitative estimate of drug-likeness (QED) is 0.0217. The van der Waals surface area contributed by atoms with Crippen molar-refractivity contribution in [1.82, 2.24) is 0 Å². The summed E-state index contributed by atoms with van der Waals surface area (Å²) in [7, 11) is -24.5. The van der Waals surface area contributed by atoms with Crippen molar-refractivity contribution in [3.8, 4) is 23.0 Å². The van der Waals surface area contributed by atoms with Crippen molar-refractivity contribution in [3.63, 3.8) is 0 Å². The maximum absolute atomic E-state index is 16.4. The Bertz CT molecular complexity index is 4110. The molecule has 0 saturated carbocycles. The predicted molar refractivity (Wildman–Crippen MR) is 269 cm³/mol. The van der Waals surface area contributed by atoms with Crippen LogP contribution in [0.1, 0.15) is 48.5 Å². The van der Waals surface area contributed by atoms with Gasteiger partial charge in [-0.2, -0.15) is 46.8 Å². The Morgan fingerprint density at radius 2 is 0.709 bits per heavy atom. The molecule has 8 rings (SSSR count). The van der Waals surface area contributed by atoms with E-state index in [1.165, 1.54) is 0 Å². The van der Waals surface area contributed by atoms with Gasteiger partial charge in [-0.15, -0.1) is 0 Å². The second-order valence-electron chi connectivity index (χ2n) is 16.9. The van der Waals surface area contributed by atoms with Crippen LogP contribution in [-0.4, -0.2) is 78.0 Å². The molecular weight excluding hydrogens is 1150 g/mol. The number of carbonyl (C=O) groups excluding carboxylic acids is 2. The summed E-state index contributed by atoms with van der Waals surface area (Å²) >= 11 is 0. The van der Waals surface area contributed by atoms with Crippen LogP contribution < -0.4 is 9.47 Å². The summed E-state index contributed by atoms with van der Waals surface area (Å²) in [6.07, 6.45) is -5.36. The van der Waals surface area contributed by atoms with Crippen molar-refractivity contribution in [1.29, 1.82) is 0 Å². The summed E-state index contributed by atoms with van der Waals surface area (Å²) in [6, 6.07) is 28.1. The minimum atomic E-state index is -5.36. The minimum absolute atomic E-state index is 0.320. The number of benzene rings is 8. The fourth-order valence-corrected chi connectivity index (χ4v) is 11.8. The number of sulfone groups is 1. The van der Waals surface area contributed by atoms with E-state index >= 15 is 13.2 Å². The molecule has 0 spiro atoms. The highest BCUT2D eigenvalue weighted by molar-refractivity contribution is 7.91. The molecule has 27 heteroatoms. The summed E-state index contributed by atoms with van der Waals surface area (Å²) in [5.74, 6) is -4.67. The molecule has 0 aliphatic rings. The summed E-state index contributed by atoms with van der Waals surface area (Å²) in [4.78, 5) is 22.4. The second kappa shape index (κ2) is 21.0. The largest absolute Gasteiger partial charge is 0.456 e. The lowest BCUT2D eigenvalue weighted by molar-refractivity contribution is -0.166. The molecule has 0 saturated heterocycles. The van der Waals surface area contributed by atoms with Gasteiger partial charge >= 0.3 is 6.18 Å². The molecule has 8 aromatic carbocycles. The molecule has 0 radical (unpaired) electrons. The van der Waals surface area contributed by atoms with Crippen LogP contribution in [0.5, 0.6) is 23.0 Å². The summed E-state index contributed by atoms with van der Waals surface area (Å²) in [5.41, 5.74) is -6.53. The van der Waals surface area contributed by atoms with Gasteiger partial charge in [0.15, 0.2) is 11.6 Å². The van der Waals surface area contributed by atoms with Crippen molar-refractivity contribution in [2.75, 3.05) is 0 Å². The highest BCUT2D eigenvalue weighted by Crippen LogP contribution is 2.52. The number of ketones is 2. The molecule has 0 bridgehead atoms. The Hall–Kier alpha value is -7.99. The van der Waals surface area contributed by atoms with Crippen LogP contribution >= 0.6 is 0 Å². The lowest BCUT2D eigenvalue weighted by Crippen LogP contribution is -2.44. The van der Waals surface area contributed by atoms with Crippen LogP contribution in [0.3, 0.4) is 0 Å². The van der Waals surface area contributed by atoms with Crippen LogP contribution in [0, 0.1) is 5.82 Å². The van der Waals surface area contributed by atoms with Gasteiger partial charge in [0, 0.05) is 22.3 Å². The first-order valence-electron chi connectivity index (χ1n) is 22.0. The predicted octanol–water partition coefficient (Wildman–Crippen LogP) is 9.59. The third-order valence-corrected chi connectivity index (χ3v) is 17.2. The van der Waals surface area contributed by atoms with E-state index in [0.717, 1.165) is 170 Å². The van der Waals surface area contributed by atoms with E-state index in [4.69, 9.17) is 9.47 Å². The molecule has 0 unspecified atom stereocenters. The topological polar surface area (TPSA) is 304 Å². The normalized spacial score (nSPS) is 12.7. The number of hydrogen-bond donors (Lipinski definition) is 4. The maximum atomic E-state index is 16.4. The Balaban J connectivity index is 1.19. The van der Waals surface area contributed by atoms with E-state index in [0.29, 0.717) is 12.1 Å². The molecule has 0 aliphatic heterocycles. The van der Waals surface area contributed by atoms with Crippen LogP contribution in [0.2, 0.25) is 0 Å². The fourth-order valence-electron chi connectivity index (χ4n) is 8.22. The average molecular weight is 1180 g/mol. The highest BCUT2D eigenvalue weighted by atomic mass is 32.2. The molecule has 0 atom stereocenters. The zero-order valence-corrected chi connectivity index (χ0v) is 43.5. The molecule has 0 aromatic heterocycles. The molecule has 0 fully saturated rings. The molecule has 4 N–H and O–H groups in total. The standard InChI is InChI=1S/C52H34F4O18S5/c53-38-15-23-42(24-16-38)75(59,60)41-21-13-37(14-22-41)51(52(54,55)56,35-9-17-39(18-10-35)73-45-25-7-33(29-47(45)78(67,68)69)49(57)31-3-1-5-43(27-31)76(61,62)63)36-11-19-40(20-12-36)74-46-26-8-34(30-48(46)79(70,71)72)50(58)32-4-2-6-44(28-32)77(64,65)66/h1-30H,(H,61,62,63)(H,64,65,66)(H,67,68,69)(H,70,71,72). The number of ether oxygens (including phenoxy) is 2. The SMILES string of the molecule is O=C(c1cccc(S(=O)(=O)O)c1)c1ccc(Oc2ccc(C(c3ccc(Oc4ccc(C(=O)c5cccc(S(=O)(=O)O)c5)cc4S(=O)(=O)O)cc3)(c3ccc(S(=O)(=O)c4ccc(F)cc4)cc3)C(F)(F)F)cc2)c(S(=O)(=O)O)c1. The highest BCUT2D eigenvalue weighted by Gasteiger charge is 2.58. The summed E-state index contributed by atoms with van der Waals surface area (Å²) < 4.78 is 238. The van der Waals surface area contributed by atoms with Gasteiger partial charge in [-0.05, 0) is 138 Å². The molecule has 0 amide bonds. The van der Waals surface area contributed by atoms with E-state index < -0.39 is 143 Å². The second-order valence-corrected chi connectivity index (χ2v) is 24.5. The number of rotatable bonds is 17. The lowest BCUT2D eigenvalue weighted by Gasteiger charge is -2.38. The first-order valence-corrected chi connectivity index (χ1v) is 29.3. The zero-order valence-electron chi connectivity index (χ0n) is 39.4. The lowest BCUT2D eigenvalue weighted by atomic mass is 9.68. The Morgan fingerprint density at radius 3 is 1.04 bits per heavy atom. The van der Waals surface area contributed by atoms with Gasteiger partial charge in [0.05, 0.1) is 19.6 Å². The fraction of sp³-hybridized carbons (Fsp3) is 0.0385. The zero-order chi connectivity index (χ0) is 57.7. The van der Waals surface area contributed by atoms with Gasteiger partial charge in [0.2, 0.25) is 9.84 Å². The van der Waals surface area contributed by atoms with Gasteiger partial charge in [0.25, 0.3) is 40.5 Å². The molecule has 408 valence electrons. The van der Waals surface area contributed by atoms with E-state index in [1.807, 2.05) is 0 Å². The van der Waals surface area contributed by atoms with Crippen LogP contribution in [0.15, 0.2) is 211 Å². The van der Waals surface area contributed by atoms with Gasteiger partial charge in [0.1, 0.15) is 44.0 Å². The van der Waals surface area contributed by atoms with Crippen LogP contribution in [-0.2, 0) is 55.7 Å². The third-order valence-electron chi connectivity index (χ3n) is 11.9. The van der Waals surface area contributed by atoms with Crippen molar-refractivity contribution < 1.29 is 96.9 Å². The Kier molecular flexibility index (Phi) is 15.2. The summed E-state index contributed by atoms with van der Waals surface area (Å²) in [6.45, 7) is 0. The monoisotopic (exact) mass is 1180 g/mol. The first kappa shape index (κ1) is 57.2. The van der Waals surface area contributed by atoms with E-state index in [-0.39, 0.29) is 27.5 Å². The van der Waals surface area contributed by atoms with Crippen molar-refractivity contribution in [2.45, 2.75) is 41.0 Å². The van der Waals surface area contributed by atoms with Gasteiger partial charge in [-0.3, -0.25) is 27.8 Å². The minimum Gasteiger partial charge on any atom is -0.456 e. The third kappa shape index (κ3) is 11.9. The molecule has 0 heterocycles. The van der Waals surface area contributed by atoms with Crippen molar-refractivity contribution in [2.24, 2.45) is 0 Å². The molecule has 18 nitrogen and oxygen atoms in total. The smallest absolute Gasteiger partial charge is 0.406 e. The first-order chi connectivity index (χ1) is 36.8.